The zero-order valence-electron chi connectivity index (χ0n) is 13.4. The number of rotatable bonds is 4. The van der Waals surface area contributed by atoms with Gasteiger partial charge in [0, 0.05) is 18.7 Å². The minimum atomic E-state index is -0.217. The number of carbonyl (C=O) groups excluding carboxylic acids is 2. The number of pyridine rings is 1. The van der Waals surface area contributed by atoms with Gasteiger partial charge >= 0.3 is 0 Å². The number of aromatic nitrogens is 1. The van der Waals surface area contributed by atoms with Crippen LogP contribution in [0.5, 0.6) is 0 Å². The Labute approximate surface area is 136 Å². The first kappa shape index (κ1) is 15.9. The molecule has 0 aromatic carbocycles. The van der Waals surface area contributed by atoms with Crippen LogP contribution in [0.2, 0.25) is 0 Å². The highest BCUT2D eigenvalue weighted by atomic mass is 16.2. The van der Waals surface area contributed by atoms with E-state index in [2.05, 4.69) is 9.88 Å². The van der Waals surface area contributed by atoms with Gasteiger partial charge < -0.3 is 10.6 Å². The summed E-state index contributed by atoms with van der Waals surface area (Å²) in [5.41, 5.74) is 6.33. The first-order valence-electron chi connectivity index (χ1n) is 8.37. The molecule has 1 aromatic rings. The number of nitrogens with two attached hydrogens (primary N) is 1. The van der Waals surface area contributed by atoms with Gasteiger partial charge in [-0.3, -0.25) is 19.5 Å². The summed E-state index contributed by atoms with van der Waals surface area (Å²) in [7, 11) is 0. The summed E-state index contributed by atoms with van der Waals surface area (Å²) in [5.74, 6) is -0.0872. The summed E-state index contributed by atoms with van der Waals surface area (Å²) in [4.78, 5) is 32.4. The third kappa shape index (κ3) is 3.69. The monoisotopic (exact) mass is 316 g/mol. The first-order chi connectivity index (χ1) is 11.1. The number of amides is 2. The van der Waals surface area contributed by atoms with Crippen LogP contribution >= 0.6 is 0 Å². The fraction of sp³-hybridized carbons (Fsp3) is 0.588. The topological polar surface area (TPSA) is 79.5 Å². The van der Waals surface area contributed by atoms with Crippen molar-refractivity contribution in [3.05, 3.63) is 30.1 Å². The van der Waals surface area contributed by atoms with Crippen LogP contribution in [0.1, 0.15) is 37.4 Å². The van der Waals surface area contributed by atoms with Gasteiger partial charge in [-0.05, 0) is 50.9 Å². The molecule has 1 aromatic heterocycles. The smallest absolute Gasteiger partial charge is 0.237 e. The number of hydrogen-bond acceptors (Lipinski definition) is 4. The highest BCUT2D eigenvalue weighted by molar-refractivity contribution is 5.79. The minimum Gasteiger partial charge on any atom is -0.369 e. The highest BCUT2D eigenvalue weighted by Crippen LogP contribution is 2.30. The van der Waals surface area contributed by atoms with Crippen molar-refractivity contribution in [2.75, 3.05) is 26.2 Å². The molecule has 0 aliphatic carbocycles. The van der Waals surface area contributed by atoms with Crippen LogP contribution in [0.4, 0.5) is 0 Å². The fourth-order valence-corrected chi connectivity index (χ4v) is 3.60. The lowest BCUT2D eigenvalue weighted by molar-refractivity contribution is -0.134. The fourth-order valence-electron chi connectivity index (χ4n) is 3.60. The lowest BCUT2D eigenvalue weighted by Crippen LogP contribution is -2.44. The predicted molar refractivity (Wildman–Crippen MR) is 86.3 cm³/mol. The second-order valence-electron chi connectivity index (χ2n) is 6.45. The maximum atomic E-state index is 12.7. The van der Waals surface area contributed by atoms with E-state index < -0.39 is 0 Å². The van der Waals surface area contributed by atoms with Crippen molar-refractivity contribution in [3.63, 3.8) is 0 Å². The van der Waals surface area contributed by atoms with E-state index >= 15 is 0 Å². The Hall–Kier alpha value is -1.95. The molecular formula is C17H24N4O2. The third-order valence-corrected chi connectivity index (χ3v) is 4.95. The van der Waals surface area contributed by atoms with Gasteiger partial charge in [0.05, 0.1) is 18.3 Å². The van der Waals surface area contributed by atoms with Crippen molar-refractivity contribution in [3.8, 4) is 0 Å². The van der Waals surface area contributed by atoms with Crippen LogP contribution in [-0.4, -0.2) is 52.8 Å². The van der Waals surface area contributed by atoms with Gasteiger partial charge in [0.25, 0.3) is 0 Å². The minimum absolute atomic E-state index is 0.0330. The van der Waals surface area contributed by atoms with Crippen molar-refractivity contribution in [1.82, 2.24) is 14.8 Å². The van der Waals surface area contributed by atoms with Gasteiger partial charge in [-0.25, -0.2) is 0 Å². The molecule has 3 heterocycles. The summed E-state index contributed by atoms with van der Waals surface area (Å²) in [5, 5.41) is 0. The summed E-state index contributed by atoms with van der Waals surface area (Å²) < 4.78 is 0. The molecule has 0 bridgehead atoms. The van der Waals surface area contributed by atoms with Gasteiger partial charge in [0.1, 0.15) is 0 Å². The Morgan fingerprint density at radius 3 is 2.61 bits per heavy atom. The molecule has 0 spiro atoms. The van der Waals surface area contributed by atoms with Gasteiger partial charge in [0.2, 0.25) is 11.8 Å². The standard InChI is InChI=1S/C17H24N4O2/c18-17(23)13-6-10-20(11-7-13)12-16(22)21-9-3-5-15(21)14-4-1-2-8-19-14/h1-2,4,8,13,15H,3,5-7,9-12H2,(H2,18,23). The maximum Gasteiger partial charge on any atom is 0.237 e. The van der Waals surface area contributed by atoms with Crippen LogP contribution in [0, 0.1) is 5.92 Å². The number of carbonyl (C=O) groups is 2. The van der Waals surface area contributed by atoms with E-state index in [9.17, 15) is 9.59 Å². The number of piperidine rings is 1. The second-order valence-corrected chi connectivity index (χ2v) is 6.45. The molecule has 2 amide bonds. The molecule has 2 aliphatic rings. The summed E-state index contributed by atoms with van der Waals surface area (Å²) in [6, 6.07) is 5.96. The molecule has 23 heavy (non-hydrogen) atoms. The van der Waals surface area contributed by atoms with Crippen LogP contribution in [0.25, 0.3) is 0 Å². The molecule has 1 atom stereocenters. The van der Waals surface area contributed by atoms with Crippen molar-refractivity contribution < 1.29 is 9.59 Å². The third-order valence-electron chi connectivity index (χ3n) is 4.95. The largest absolute Gasteiger partial charge is 0.369 e. The van der Waals surface area contributed by atoms with E-state index in [-0.39, 0.29) is 23.8 Å². The normalized spacial score (nSPS) is 23.1. The van der Waals surface area contributed by atoms with Crippen LogP contribution in [0.15, 0.2) is 24.4 Å². The highest BCUT2D eigenvalue weighted by Gasteiger charge is 2.32. The van der Waals surface area contributed by atoms with E-state index in [0.717, 1.165) is 51.0 Å². The molecule has 124 valence electrons. The lowest BCUT2D eigenvalue weighted by atomic mass is 9.96. The van der Waals surface area contributed by atoms with Gasteiger partial charge in [-0.1, -0.05) is 6.07 Å². The molecule has 6 heteroatoms. The number of hydrogen-bond donors (Lipinski definition) is 1. The van der Waals surface area contributed by atoms with E-state index in [1.807, 2.05) is 23.1 Å². The number of nitrogens with zero attached hydrogens (tertiary/aromatic N) is 3. The molecule has 2 N–H and O–H groups in total. The van der Waals surface area contributed by atoms with Crippen molar-refractivity contribution >= 4 is 11.8 Å². The van der Waals surface area contributed by atoms with Crippen molar-refractivity contribution in [2.24, 2.45) is 11.7 Å². The van der Waals surface area contributed by atoms with E-state index in [1.165, 1.54) is 0 Å². The molecule has 2 saturated heterocycles. The zero-order chi connectivity index (χ0) is 16.2. The van der Waals surface area contributed by atoms with Crippen LogP contribution in [0.3, 0.4) is 0 Å². The van der Waals surface area contributed by atoms with Crippen molar-refractivity contribution in [2.45, 2.75) is 31.7 Å². The Kier molecular flexibility index (Phi) is 4.91. The van der Waals surface area contributed by atoms with Crippen LogP contribution < -0.4 is 5.73 Å². The Morgan fingerprint density at radius 2 is 1.96 bits per heavy atom. The van der Waals surface area contributed by atoms with Crippen molar-refractivity contribution in [1.29, 1.82) is 0 Å². The molecular weight excluding hydrogens is 292 g/mol. The summed E-state index contributed by atoms with van der Waals surface area (Å²) >= 11 is 0. The van der Waals surface area contributed by atoms with E-state index in [1.54, 1.807) is 6.20 Å². The average Bonchev–Trinajstić information content (AvgIpc) is 3.06. The summed E-state index contributed by atoms with van der Waals surface area (Å²) in [6.45, 7) is 2.76. The molecule has 3 rings (SSSR count). The molecule has 1 unspecified atom stereocenters. The first-order valence-corrected chi connectivity index (χ1v) is 8.37. The van der Waals surface area contributed by atoms with Gasteiger partial charge in [0.15, 0.2) is 0 Å². The summed E-state index contributed by atoms with van der Waals surface area (Å²) in [6.07, 6.45) is 5.30. The SMILES string of the molecule is NC(=O)C1CCN(CC(=O)N2CCCC2c2ccccn2)CC1. The molecule has 2 fully saturated rings. The molecule has 0 saturated carbocycles. The van der Waals surface area contributed by atoms with Gasteiger partial charge in [-0.2, -0.15) is 0 Å². The Balaban J connectivity index is 1.57. The van der Waals surface area contributed by atoms with Crippen LogP contribution in [-0.2, 0) is 9.59 Å². The van der Waals surface area contributed by atoms with E-state index in [4.69, 9.17) is 5.73 Å². The van der Waals surface area contributed by atoms with E-state index in [0.29, 0.717) is 6.54 Å². The Bertz CT molecular complexity index is 555. The molecule has 2 aliphatic heterocycles. The molecule has 0 radical (unpaired) electrons. The quantitative estimate of drug-likeness (QED) is 0.896. The second kappa shape index (κ2) is 7.08. The average molecular weight is 316 g/mol. The van der Waals surface area contributed by atoms with Gasteiger partial charge in [-0.15, -0.1) is 0 Å². The zero-order valence-corrected chi connectivity index (χ0v) is 13.4. The maximum absolute atomic E-state index is 12.7. The number of likely N-dealkylation sites (tertiary alicyclic amines) is 2. The lowest BCUT2D eigenvalue weighted by Gasteiger charge is -2.32. The Morgan fingerprint density at radius 1 is 1.17 bits per heavy atom. The molecule has 6 nitrogen and oxygen atoms in total. The number of primary amides is 1. The predicted octanol–water partition coefficient (Wildman–Crippen LogP) is 0.942.